The Balaban J connectivity index is 1.79. The van der Waals surface area contributed by atoms with Gasteiger partial charge in [-0.2, -0.15) is 0 Å². The number of aromatic nitrogens is 3. The third-order valence-corrected chi connectivity index (χ3v) is 7.01. The second-order valence-electron chi connectivity index (χ2n) is 8.95. The van der Waals surface area contributed by atoms with Gasteiger partial charge in [0.25, 0.3) is 11.5 Å². The van der Waals surface area contributed by atoms with E-state index in [4.69, 9.17) is 11.6 Å². The van der Waals surface area contributed by atoms with Crippen LogP contribution in [0, 0.1) is 0 Å². The number of carbonyl (C=O) groups is 1. The molecule has 3 aromatic carbocycles. The van der Waals surface area contributed by atoms with E-state index in [2.05, 4.69) is 10.3 Å². The van der Waals surface area contributed by atoms with Gasteiger partial charge in [0, 0.05) is 43.2 Å². The van der Waals surface area contributed by atoms with Gasteiger partial charge in [0.2, 0.25) is 0 Å². The van der Waals surface area contributed by atoms with Gasteiger partial charge in [0.1, 0.15) is 0 Å². The number of aliphatic hydroxyl groups is 1. The molecule has 37 heavy (non-hydrogen) atoms. The Morgan fingerprint density at radius 1 is 1.00 bits per heavy atom. The lowest BCUT2D eigenvalue weighted by molar-refractivity contribution is 0.0962. The van der Waals surface area contributed by atoms with E-state index in [0.29, 0.717) is 38.5 Å². The largest absolute Gasteiger partial charge is 0.374 e. The number of aryl methyl sites for hydroxylation is 2. The number of hydrogen-bond donors (Lipinski definition) is 2. The van der Waals surface area contributed by atoms with Crippen molar-refractivity contribution in [2.24, 2.45) is 14.1 Å². The van der Waals surface area contributed by atoms with Crippen molar-refractivity contribution in [1.82, 2.24) is 19.4 Å². The van der Waals surface area contributed by atoms with Crippen molar-refractivity contribution < 1.29 is 9.90 Å². The maximum atomic E-state index is 12.8. The van der Waals surface area contributed by atoms with Crippen molar-refractivity contribution in [2.75, 3.05) is 7.05 Å². The van der Waals surface area contributed by atoms with Gasteiger partial charge in [-0.15, -0.1) is 0 Å². The zero-order chi connectivity index (χ0) is 26.3. The molecule has 1 unspecified atom stereocenters. The van der Waals surface area contributed by atoms with Crippen LogP contribution in [0.25, 0.3) is 22.0 Å². The summed E-state index contributed by atoms with van der Waals surface area (Å²) in [4.78, 5) is 29.1. The minimum Gasteiger partial charge on any atom is -0.374 e. The summed E-state index contributed by atoms with van der Waals surface area (Å²) in [6.07, 6.45) is 3.25. The van der Waals surface area contributed by atoms with Crippen LogP contribution in [-0.4, -0.2) is 32.2 Å². The van der Waals surface area contributed by atoms with Gasteiger partial charge in [0.15, 0.2) is 5.60 Å². The second-order valence-corrected chi connectivity index (χ2v) is 9.39. The molecule has 0 saturated carbocycles. The van der Waals surface area contributed by atoms with Crippen LogP contribution in [0.4, 0.5) is 0 Å². The van der Waals surface area contributed by atoms with E-state index in [1.165, 1.54) is 0 Å². The van der Waals surface area contributed by atoms with Crippen molar-refractivity contribution in [3.63, 3.8) is 0 Å². The second kappa shape index (κ2) is 9.35. The van der Waals surface area contributed by atoms with E-state index in [1.807, 2.05) is 43.4 Å². The van der Waals surface area contributed by atoms with Crippen molar-refractivity contribution in [1.29, 1.82) is 0 Å². The molecule has 5 aromatic rings. The molecular weight excluding hydrogens is 488 g/mol. The average Bonchev–Trinajstić information content (AvgIpc) is 3.35. The molecule has 1 amide bonds. The van der Waals surface area contributed by atoms with Crippen LogP contribution < -0.4 is 10.9 Å². The highest BCUT2D eigenvalue weighted by Crippen LogP contribution is 2.39. The zero-order valence-electron chi connectivity index (χ0n) is 20.6. The van der Waals surface area contributed by atoms with Crippen molar-refractivity contribution in [2.45, 2.75) is 5.60 Å². The third-order valence-electron chi connectivity index (χ3n) is 6.78. The topological polar surface area (TPSA) is 89.2 Å². The average molecular weight is 513 g/mol. The quantitative estimate of drug-likeness (QED) is 0.369. The van der Waals surface area contributed by atoms with E-state index in [-0.39, 0.29) is 11.5 Å². The van der Waals surface area contributed by atoms with E-state index < -0.39 is 5.60 Å². The zero-order valence-corrected chi connectivity index (χ0v) is 21.3. The molecule has 0 aliphatic carbocycles. The fraction of sp³-hybridized carbons (Fsp3) is 0.138. The molecule has 7 nitrogen and oxygen atoms in total. The molecular formula is C29H25ClN4O3. The fourth-order valence-electron chi connectivity index (χ4n) is 4.76. The van der Waals surface area contributed by atoms with E-state index in [1.54, 1.807) is 72.2 Å². The number of nitrogens with zero attached hydrogens (tertiary/aromatic N) is 3. The monoisotopic (exact) mass is 512 g/mol. The predicted molar refractivity (Wildman–Crippen MR) is 145 cm³/mol. The highest BCUT2D eigenvalue weighted by molar-refractivity contribution is 6.30. The molecule has 0 radical (unpaired) electrons. The van der Waals surface area contributed by atoms with Gasteiger partial charge >= 0.3 is 0 Å². The van der Waals surface area contributed by atoms with Crippen molar-refractivity contribution in [3.8, 4) is 11.1 Å². The molecule has 8 heteroatoms. The number of benzene rings is 3. The fourth-order valence-corrected chi connectivity index (χ4v) is 4.95. The SMILES string of the molecule is CNC(=O)c1ccc(C(O)(c2ccc3c(c2)c(-c2cccc(Cl)c2)cc(=O)n3C)c2cncn2C)cc1. The molecule has 0 saturated heterocycles. The number of imidazole rings is 1. The summed E-state index contributed by atoms with van der Waals surface area (Å²) in [6.45, 7) is 0. The van der Waals surface area contributed by atoms with Crippen LogP contribution in [0.15, 0.2) is 90.1 Å². The summed E-state index contributed by atoms with van der Waals surface area (Å²) in [5.41, 5.74) is 2.66. The summed E-state index contributed by atoms with van der Waals surface area (Å²) in [6, 6.07) is 21.3. The van der Waals surface area contributed by atoms with Crippen LogP contribution >= 0.6 is 11.6 Å². The number of nitrogens with one attached hydrogen (secondary N) is 1. The Bertz CT molecular complexity index is 1710. The highest BCUT2D eigenvalue weighted by atomic mass is 35.5. The number of rotatable bonds is 5. The third kappa shape index (κ3) is 4.12. The van der Waals surface area contributed by atoms with Gasteiger partial charge in [0.05, 0.1) is 23.7 Å². The standard InChI is InChI=1S/C29H25ClN4O3/c1-31-28(36)18-7-9-20(10-8-18)29(37,26-16-32-17-33(26)2)21-11-12-25-24(14-21)23(15-27(35)34(25)3)19-5-4-6-22(30)13-19/h4-17,37H,1-3H3,(H,31,36). The first-order valence-corrected chi connectivity index (χ1v) is 12.0. The summed E-state index contributed by atoms with van der Waals surface area (Å²) < 4.78 is 3.34. The van der Waals surface area contributed by atoms with Crippen LogP contribution in [0.3, 0.4) is 0 Å². The molecule has 5 rings (SSSR count). The van der Waals surface area contributed by atoms with Gasteiger partial charge in [-0.05, 0) is 58.7 Å². The van der Waals surface area contributed by atoms with Crippen LogP contribution in [0.2, 0.25) is 5.02 Å². The summed E-state index contributed by atoms with van der Waals surface area (Å²) in [5, 5.41) is 16.4. The van der Waals surface area contributed by atoms with E-state index >= 15 is 0 Å². The normalized spacial score (nSPS) is 12.9. The molecule has 186 valence electrons. The number of halogens is 1. The molecule has 0 bridgehead atoms. The maximum absolute atomic E-state index is 12.8. The lowest BCUT2D eigenvalue weighted by atomic mass is 9.82. The lowest BCUT2D eigenvalue weighted by Crippen LogP contribution is -2.31. The van der Waals surface area contributed by atoms with E-state index in [0.717, 1.165) is 10.9 Å². The summed E-state index contributed by atoms with van der Waals surface area (Å²) >= 11 is 6.27. The Hall–Kier alpha value is -4.20. The summed E-state index contributed by atoms with van der Waals surface area (Å²) in [7, 11) is 5.10. The van der Waals surface area contributed by atoms with Gasteiger partial charge in [-0.1, -0.05) is 41.9 Å². The number of carbonyl (C=O) groups excluding carboxylic acids is 1. The Morgan fingerprint density at radius 2 is 1.73 bits per heavy atom. The predicted octanol–water partition coefficient (Wildman–Crippen LogP) is 4.24. The molecule has 2 aromatic heterocycles. The molecule has 0 aliphatic heterocycles. The molecule has 2 heterocycles. The first-order valence-electron chi connectivity index (χ1n) is 11.7. The molecule has 0 fully saturated rings. The van der Waals surface area contributed by atoms with Crippen molar-refractivity contribution >= 4 is 28.4 Å². The lowest BCUT2D eigenvalue weighted by Gasteiger charge is -2.30. The Morgan fingerprint density at radius 3 is 2.38 bits per heavy atom. The van der Waals surface area contributed by atoms with Crippen molar-refractivity contribution in [3.05, 3.63) is 123 Å². The minimum atomic E-state index is -1.60. The molecule has 2 N–H and O–H groups in total. The highest BCUT2D eigenvalue weighted by Gasteiger charge is 2.37. The molecule has 1 atom stereocenters. The number of fused-ring (bicyclic) bond motifs is 1. The molecule has 0 spiro atoms. The van der Waals surface area contributed by atoms with Gasteiger partial charge < -0.3 is 19.6 Å². The Labute approximate surface area is 218 Å². The first-order chi connectivity index (χ1) is 17.7. The summed E-state index contributed by atoms with van der Waals surface area (Å²) in [5.74, 6) is -0.214. The number of pyridine rings is 1. The van der Waals surface area contributed by atoms with Gasteiger partial charge in [-0.3, -0.25) is 9.59 Å². The minimum absolute atomic E-state index is 0.151. The number of hydrogen-bond acceptors (Lipinski definition) is 4. The Kier molecular flexibility index (Phi) is 6.19. The van der Waals surface area contributed by atoms with Crippen LogP contribution in [0.5, 0.6) is 0 Å². The molecule has 0 aliphatic rings. The number of amides is 1. The van der Waals surface area contributed by atoms with Gasteiger partial charge in [-0.25, -0.2) is 4.98 Å². The van der Waals surface area contributed by atoms with E-state index in [9.17, 15) is 14.7 Å². The van der Waals surface area contributed by atoms with Crippen LogP contribution in [0.1, 0.15) is 27.2 Å². The van der Waals surface area contributed by atoms with Crippen LogP contribution in [-0.2, 0) is 19.7 Å². The smallest absolute Gasteiger partial charge is 0.251 e. The first kappa shape index (κ1) is 24.5. The maximum Gasteiger partial charge on any atom is 0.251 e.